The number of benzene rings is 1. The monoisotopic (exact) mass is 473 g/mol. The fraction of sp³-hybridized carbons (Fsp3) is 0.500. The Kier molecular flexibility index (Phi) is 8.68. The first-order valence-corrected chi connectivity index (χ1v) is 10.5. The van der Waals surface area contributed by atoms with Crippen LogP contribution in [-0.4, -0.2) is 48.3 Å². The molecule has 0 bridgehead atoms. The first kappa shape index (κ1) is 24.9. The van der Waals surface area contributed by atoms with E-state index >= 15 is 0 Å². The van der Waals surface area contributed by atoms with Gasteiger partial charge in [0.2, 0.25) is 0 Å². The van der Waals surface area contributed by atoms with Crippen LogP contribution in [0.5, 0.6) is 0 Å². The molecule has 1 fully saturated rings. The molecule has 1 aliphatic rings. The van der Waals surface area contributed by atoms with Gasteiger partial charge in [0.05, 0.1) is 10.6 Å². The summed E-state index contributed by atoms with van der Waals surface area (Å²) in [4.78, 5) is 34.6. The second kappa shape index (κ2) is 10.8. The molecule has 168 valence electrons. The maximum atomic E-state index is 14.5. The second-order valence-corrected chi connectivity index (χ2v) is 8.39. The number of esters is 3. The lowest BCUT2D eigenvalue weighted by Gasteiger charge is -2.43. The van der Waals surface area contributed by atoms with Gasteiger partial charge in [0.25, 0.3) is 0 Å². The highest BCUT2D eigenvalue weighted by Gasteiger charge is 2.48. The summed E-state index contributed by atoms with van der Waals surface area (Å²) in [5.74, 6) is -3.04. The third-order valence-corrected chi connectivity index (χ3v) is 5.91. The number of nitriles is 1. The summed E-state index contributed by atoms with van der Waals surface area (Å²) in [5, 5.41) is 9.05. The Hall–Kier alpha value is -2.35. The lowest BCUT2D eigenvalue weighted by Crippen LogP contribution is -2.56. The predicted molar refractivity (Wildman–Crippen MR) is 108 cm³/mol. The molecule has 8 nitrogen and oxygen atoms in total. The Morgan fingerprint density at radius 1 is 1.16 bits per heavy atom. The van der Waals surface area contributed by atoms with Gasteiger partial charge in [-0.25, -0.2) is 4.39 Å². The zero-order chi connectivity index (χ0) is 23.3. The van der Waals surface area contributed by atoms with Gasteiger partial charge in [-0.1, -0.05) is 30.3 Å². The standard InChI is InChI=1S/C20H21ClFNO7S/c1-9-18(28-11(3)25)16(8-27-10(2)24)30-20(19(9)29-12(4)26)31-17-6-14(21)13(7-23)5-15(17)22/h5-6,9,16,18-20H,8H2,1-4H3/t9?,16?,18-,19-,20-/m1/s1. The van der Waals surface area contributed by atoms with E-state index in [1.807, 2.05) is 0 Å². The third-order valence-electron chi connectivity index (χ3n) is 4.42. The van der Waals surface area contributed by atoms with Crippen LogP contribution in [0.2, 0.25) is 5.02 Å². The quantitative estimate of drug-likeness (QED) is 0.454. The SMILES string of the molecule is CC(=O)OCC1O[C@H](Sc2cc(Cl)c(C#N)cc2F)[C@H](OC(C)=O)C(C)[C@H]1OC(C)=O. The molecule has 1 aliphatic heterocycles. The molecule has 0 N–H and O–H groups in total. The van der Waals surface area contributed by atoms with E-state index < -0.39 is 53.4 Å². The molecule has 0 spiro atoms. The van der Waals surface area contributed by atoms with Gasteiger partial charge < -0.3 is 18.9 Å². The molecule has 31 heavy (non-hydrogen) atoms. The molecule has 2 rings (SSSR count). The molecule has 0 amide bonds. The van der Waals surface area contributed by atoms with Crippen LogP contribution in [0.3, 0.4) is 0 Å². The van der Waals surface area contributed by atoms with E-state index in [0.717, 1.165) is 17.8 Å². The van der Waals surface area contributed by atoms with E-state index in [1.165, 1.54) is 26.8 Å². The van der Waals surface area contributed by atoms with Crippen molar-refractivity contribution < 1.29 is 37.7 Å². The lowest BCUT2D eigenvalue weighted by atomic mass is 9.91. The number of ether oxygens (including phenoxy) is 4. The number of carbonyl (C=O) groups is 3. The average molecular weight is 474 g/mol. The maximum Gasteiger partial charge on any atom is 0.303 e. The summed E-state index contributed by atoms with van der Waals surface area (Å²) in [6.45, 7) is 5.10. The van der Waals surface area contributed by atoms with Crippen LogP contribution in [0.4, 0.5) is 4.39 Å². The highest BCUT2D eigenvalue weighted by molar-refractivity contribution is 7.99. The zero-order valence-electron chi connectivity index (χ0n) is 17.2. The van der Waals surface area contributed by atoms with Crippen molar-refractivity contribution in [1.29, 1.82) is 5.26 Å². The summed E-state index contributed by atoms with van der Waals surface area (Å²) in [6, 6.07) is 4.06. The van der Waals surface area contributed by atoms with E-state index in [4.69, 9.17) is 35.8 Å². The van der Waals surface area contributed by atoms with Gasteiger partial charge in [0.1, 0.15) is 42.2 Å². The summed E-state index contributed by atoms with van der Waals surface area (Å²) in [5.41, 5.74) is -0.967. The number of hydrogen-bond acceptors (Lipinski definition) is 9. The highest BCUT2D eigenvalue weighted by Crippen LogP contribution is 2.40. The molecule has 11 heteroatoms. The predicted octanol–water partition coefficient (Wildman–Crippen LogP) is 3.23. The topological polar surface area (TPSA) is 112 Å². The number of hydrogen-bond donors (Lipinski definition) is 0. The summed E-state index contributed by atoms with van der Waals surface area (Å²) in [6.07, 6.45) is -2.69. The molecule has 0 aromatic heterocycles. The van der Waals surface area contributed by atoms with Gasteiger partial charge in [-0.15, -0.1) is 0 Å². The minimum absolute atomic E-state index is 0.0272. The van der Waals surface area contributed by atoms with Crippen LogP contribution in [0.25, 0.3) is 0 Å². The number of thioether (sulfide) groups is 1. The van der Waals surface area contributed by atoms with Crippen LogP contribution < -0.4 is 0 Å². The molecular weight excluding hydrogens is 453 g/mol. The van der Waals surface area contributed by atoms with Crippen LogP contribution in [0.1, 0.15) is 33.3 Å². The molecule has 0 aliphatic carbocycles. The third kappa shape index (κ3) is 6.56. The van der Waals surface area contributed by atoms with Gasteiger partial charge >= 0.3 is 17.9 Å². The zero-order valence-corrected chi connectivity index (χ0v) is 18.8. The molecular formula is C20H21ClFNO7S. The van der Waals surface area contributed by atoms with Crippen molar-refractivity contribution in [2.24, 2.45) is 5.92 Å². The molecule has 2 unspecified atom stereocenters. The normalized spacial score (nSPS) is 25.3. The Bertz CT molecular complexity index is 904. The Morgan fingerprint density at radius 2 is 1.77 bits per heavy atom. The van der Waals surface area contributed by atoms with E-state index in [0.29, 0.717) is 0 Å². The maximum absolute atomic E-state index is 14.5. The van der Waals surface area contributed by atoms with Crippen LogP contribution in [0.15, 0.2) is 17.0 Å². The Labute approximate surface area is 187 Å². The average Bonchev–Trinajstić information content (AvgIpc) is 2.67. The van der Waals surface area contributed by atoms with Crippen molar-refractivity contribution in [3.8, 4) is 6.07 Å². The van der Waals surface area contributed by atoms with Crippen molar-refractivity contribution in [2.75, 3.05) is 6.61 Å². The number of halogens is 2. The van der Waals surface area contributed by atoms with Crippen LogP contribution >= 0.6 is 23.4 Å². The fourth-order valence-corrected chi connectivity index (χ4v) is 4.60. The first-order valence-electron chi connectivity index (χ1n) is 9.22. The summed E-state index contributed by atoms with van der Waals surface area (Å²) < 4.78 is 36.2. The second-order valence-electron chi connectivity index (χ2n) is 6.84. The van der Waals surface area contributed by atoms with Crippen molar-refractivity contribution in [3.05, 3.63) is 28.5 Å². The minimum Gasteiger partial charge on any atom is -0.463 e. The largest absolute Gasteiger partial charge is 0.463 e. The lowest BCUT2D eigenvalue weighted by molar-refractivity contribution is -0.212. The number of rotatable bonds is 6. The van der Waals surface area contributed by atoms with E-state index in [1.54, 1.807) is 13.0 Å². The minimum atomic E-state index is -0.940. The summed E-state index contributed by atoms with van der Waals surface area (Å²) in [7, 11) is 0. The van der Waals surface area contributed by atoms with Gasteiger partial charge in [-0.05, 0) is 12.1 Å². The van der Waals surface area contributed by atoms with Crippen molar-refractivity contribution in [3.63, 3.8) is 0 Å². The van der Waals surface area contributed by atoms with Gasteiger partial charge in [0, 0.05) is 31.6 Å². The molecule has 1 saturated heterocycles. The fourth-order valence-electron chi connectivity index (χ4n) is 3.09. The van der Waals surface area contributed by atoms with Gasteiger partial charge in [-0.2, -0.15) is 5.26 Å². The Morgan fingerprint density at radius 3 is 2.32 bits per heavy atom. The van der Waals surface area contributed by atoms with E-state index in [2.05, 4.69) is 0 Å². The van der Waals surface area contributed by atoms with Gasteiger partial charge in [-0.3, -0.25) is 14.4 Å². The van der Waals surface area contributed by atoms with E-state index in [9.17, 15) is 18.8 Å². The van der Waals surface area contributed by atoms with E-state index in [-0.39, 0.29) is 22.1 Å². The van der Waals surface area contributed by atoms with Crippen molar-refractivity contribution >= 4 is 41.3 Å². The van der Waals surface area contributed by atoms with Crippen LogP contribution in [0, 0.1) is 23.1 Å². The smallest absolute Gasteiger partial charge is 0.303 e. The first-order chi connectivity index (χ1) is 14.5. The molecule has 1 aromatic carbocycles. The molecule has 0 saturated carbocycles. The van der Waals surface area contributed by atoms with Gasteiger partial charge in [0.15, 0.2) is 0 Å². The molecule has 0 radical (unpaired) electrons. The molecule has 1 aromatic rings. The van der Waals surface area contributed by atoms with Crippen molar-refractivity contribution in [2.45, 2.75) is 56.3 Å². The number of carbonyl (C=O) groups excluding carboxylic acids is 3. The van der Waals surface area contributed by atoms with Crippen LogP contribution in [-0.2, 0) is 33.3 Å². The number of nitrogens with zero attached hydrogens (tertiary/aromatic N) is 1. The Balaban J connectivity index is 2.39. The molecule has 1 heterocycles. The highest BCUT2D eigenvalue weighted by atomic mass is 35.5. The molecule has 5 atom stereocenters. The summed E-state index contributed by atoms with van der Waals surface area (Å²) >= 11 is 6.91. The van der Waals surface area contributed by atoms with Crippen molar-refractivity contribution in [1.82, 2.24) is 0 Å².